The predicted octanol–water partition coefficient (Wildman–Crippen LogP) is 2.10. The number of hydrogen-bond donors (Lipinski definition) is 0. The van der Waals surface area contributed by atoms with Crippen LogP contribution in [0.3, 0.4) is 0 Å². The zero-order valence-corrected chi connectivity index (χ0v) is 6.91. The van der Waals surface area contributed by atoms with Gasteiger partial charge < -0.3 is 4.42 Å². The molecule has 60 valence electrons. The highest BCUT2D eigenvalue weighted by molar-refractivity contribution is 7.33. The minimum atomic E-state index is -1.99. The molecule has 11 heavy (non-hydrogen) atoms. The average molecular weight is 175 g/mol. The zero-order valence-electron chi connectivity index (χ0n) is 6.02. The molecule has 1 rings (SSSR count). The highest BCUT2D eigenvalue weighted by Crippen LogP contribution is 2.23. The predicted molar refractivity (Wildman–Crippen MR) is 38.1 cm³/mol. The number of furan rings is 1. The highest BCUT2D eigenvalue weighted by atomic mass is 31.1. The van der Waals surface area contributed by atoms with Gasteiger partial charge in [0.1, 0.15) is 5.76 Å². The van der Waals surface area contributed by atoms with Crippen LogP contribution in [0.2, 0.25) is 0 Å². The van der Waals surface area contributed by atoms with Crippen LogP contribution < -0.4 is 0 Å². The Labute approximate surface area is 65.1 Å². The lowest BCUT2D eigenvalue weighted by atomic mass is 10.5. The second-order valence-electron chi connectivity index (χ2n) is 1.76. The molecule has 0 aliphatic rings. The normalized spacial score (nSPS) is 11.5. The van der Waals surface area contributed by atoms with Crippen LogP contribution in [0.4, 0.5) is 0 Å². The minimum Gasteiger partial charge on any atom is -0.467 e. The zero-order chi connectivity index (χ0) is 8.10. The Kier molecular flexibility index (Phi) is 3.23. The molecule has 1 unspecified atom stereocenters. The summed E-state index contributed by atoms with van der Waals surface area (Å²) < 4.78 is 24.6. The molecule has 0 N–H and O–H groups in total. The molecule has 0 bridgehead atoms. The van der Waals surface area contributed by atoms with Gasteiger partial charge in [-0.1, -0.05) is 0 Å². The van der Waals surface area contributed by atoms with E-state index in [2.05, 4.69) is 4.52 Å². The minimum absolute atomic E-state index is 0.177. The maximum Gasteiger partial charge on any atom is 0.697 e. The molecule has 5 heteroatoms. The van der Waals surface area contributed by atoms with Gasteiger partial charge in [-0.2, -0.15) is 0 Å². The first-order chi connectivity index (χ1) is 5.33. The van der Waals surface area contributed by atoms with Crippen molar-refractivity contribution in [2.45, 2.75) is 6.61 Å². The molecule has 0 spiro atoms. The molecule has 0 aliphatic carbocycles. The van der Waals surface area contributed by atoms with Crippen molar-refractivity contribution in [2.24, 2.45) is 0 Å². The third-order valence-electron chi connectivity index (χ3n) is 1.04. The largest absolute Gasteiger partial charge is 0.697 e. The molecule has 0 aromatic carbocycles. The fraction of sp³-hybridized carbons (Fsp3) is 0.333. The van der Waals surface area contributed by atoms with Gasteiger partial charge in [0, 0.05) is 4.57 Å². The monoisotopic (exact) mass is 175 g/mol. The molecule has 0 saturated heterocycles. The van der Waals surface area contributed by atoms with E-state index in [-0.39, 0.29) is 6.61 Å². The number of rotatable bonds is 4. The SMILES string of the molecule is CO[P+](=O)OCc1ccco1. The molecular weight excluding hydrogens is 167 g/mol. The van der Waals surface area contributed by atoms with Gasteiger partial charge >= 0.3 is 8.25 Å². The standard InChI is InChI=1S/C6H8O4P/c1-8-11(7)10-5-6-3-2-4-9-6/h2-4H,5H2,1H3/q+1. The second kappa shape index (κ2) is 4.23. The van der Waals surface area contributed by atoms with Gasteiger partial charge in [0.2, 0.25) is 0 Å². The van der Waals surface area contributed by atoms with E-state index in [0.29, 0.717) is 5.76 Å². The van der Waals surface area contributed by atoms with Crippen LogP contribution in [0.25, 0.3) is 0 Å². The van der Waals surface area contributed by atoms with Crippen LogP contribution in [0.15, 0.2) is 22.8 Å². The first-order valence-electron chi connectivity index (χ1n) is 2.99. The average Bonchev–Trinajstić information content (AvgIpc) is 2.52. The Balaban J connectivity index is 2.29. The summed E-state index contributed by atoms with van der Waals surface area (Å²) in [5, 5.41) is 0. The van der Waals surface area contributed by atoms with Gasteiger partial charge in [-0.15, -0.1) is 9.05 Å². The summed E-state index contributed by atoms with van der Waals surface area (Å²) in [5.41, 5.74) is 0. The van der Waals surface area contributed by atoms with Crippen molar-refractivity contribution in [1.29, 1.82) is 0 Å². The van der Waals surface area contributed by atoms with Crippen LogP contribution in [-0.2, 0) is 20.2 Å². The van der Waals surface area contributed by atoms with Gasteiger partial charge in [0.05, 0.1) is 13.4 Å². The highest BCUT2D eigenvalue weighted by Gasteiger charge is 2.17. The van der Waals surface area contributed by atoms with E-state index in [4.69, 9.17) is 8.94 Å². The summed E-state index contributed by atoms with van der Waals surface area (Å²) >= 11 is 0. The van der Waals surface area contributed by atoms with E-state index in [9.17, 15) is 4.57 Å². The van der Waals surface area contributed by atoms with E-state index in [0.717, 1.165) is 0 Å². The van der Waals surface area contributed by atoms with E-state index in [1.807, 2.05) is 0 Å². The van der Waals surface area contributed by atoms with Crippen molar-refractivity contribution in [3.63, 3.8) is 0 Å². The topological polar surface area (TPSA) is 48.7 Å². The Morgan fingerprint density at radius 3 is 3.09 bits per heavy atom. The quantitative estimate of drug-likeness (QED) is 0.657. The molecule has 1 aromatic rings. The maximum atomic E-state index is 10.6. The van der Waals surface area contributed by atoms with Crippen molar-refractivity contribution in [3.8, 4) is 0 Å². The fourth-order valence-electron chi connectivity index (χ4n) is 0.564. The maximum absolute atomic E-state index is 10.6. The van der Waals surface area contributed by atoms with Crippen molar-refractivity contribution in [1.82, 2.24) is 0 Å². The van der Waals surface area contributed by atoms with Crippen molar-refractivity contribution < 1.29 is 18.0 Å². The Morgan fingerprint density at radius 1 is 1.73 bits per heavy atom. The summed E-state index contributed by atoms with van der Waals surface area (Å²) in [6.45, 7) is 0.177. The molecule has 0 radical (unpaired) electrons. The second-order valence-corrected chi connectivity index (χ2v) is 2.83. The summed E-state index contributed by atoms with van der Waals surface area (Å²) in [7, 11) is -0.673. The molecule has 4 nitrogen and oxygen atoms in total. The van der Waals surface area contributed by atoms with Crippen molar-refractivity contribution in [3.05, 3.63) is 24.2 Å². The molecule has 1 atom stereocenters. The lowest BCUT2D eigenvalue weighted by Crippen LogP contribution is -1.82. The summed E-state index contributed by atoms with van der Waals surface area (Å²) in [4.78, 5) is 0. The van der Waals surface area contributed by atoms with E-state index < -0.39 is 8.25 Å². The summed E-state index contributed by atoms with van der Waals surface area (Å²) in [6.07, 6.45) is 1.53. The third-order valence-corrected chi connectivity index (χ3v) is 1.68. The Morgan fingerprint density at radius 2 is 2.55 bits per heavy atom. The van der Waals surface area contributed by atoms with Gasteiger partial charge in [0.15, 0.2) is 6.61 Å². The number of hydrogen-bond acceptors (Lipinski definition) is 4. The summed E-state index contributed by atoms with van der Waals surface area (Å²) in [5.74, 6) is 0.630. The fourth-order valence-corrected chi connectivity index (χ4v) is 0.902. The molecule has 0 fully saturated rings. The smallest absolute Gasteiger partial charge is 0.467 e. The van der Waals surface area contributed by atoms with Crippen LogP contribution >= 0.6 is 8.25 Å². The molecule has 0 saturated carbocycles. The van der Waals surface area contributed by atoms with Crippen molar-refractivity contribution >= 4 is 8.25 Å². The first kappa shape index (κ1) is 8.40. The molecule has 1 aromatic heterocycles. The third kappa shape index (κ3) is 2.80. The van der Waals surface area contributed by atoms with Crippen LogP contribution in [0, 0.1) is 0 Å². The first-order valence-corrected chi connectivity index (χ1v) is 4.09. The molecule has 0 aliphatic heterocycles. The Bertz CT molecular complexity index is 218. The summed E-state index contributed by atoms with van der Waals surface area (Å²) in [6, 6.07) is 3.47. The molecule has 0 amide bonds. The van der Waals surface area contributed by atoms with Crippen molar-refractivity contribution in [2.75, 3.05) is 7.11 Å². The van der Waals surface area contributed by atoms with Crippen LogP contribution in [0.1, 0.15) is 5.76 Å². The van der Waals surface area contributed by atoms with Gasteiger partial charge in [-0.3, -0.25) is 0 Å². The van der Waals surface area contributed by atoms with Gasteiger partial charge in [0.25, 0.3) is 0 Å². The van der Waals surface area contributed by atoms with Gasteiger partial charge in [-0.05, 0) is 12.1 Å². The van der Waals surface area contributed by atoms with Crippen LogP contribution in [-0.4, -0.2) is 7.11 Å². The Hall–Kier alpha value is -0.700. The van der Waals surface area contributed by atoms with E-state index in [1.54, 1.807) is 12.1 Å². The van der Waals surface area contributed by atoms with Crippen LogP contribution in [0.5, 0.6) is 0 Å². The van der Waals surface area contributed by atoms with Gasteiger partial charge in [-0.25, -0.2) is 0 Å². The molecular formula is C6H8O4P+. The lowest BCUT2D eigenvalue weighted by Gasteiger charge is -1.84. The molecule has 1 heterocycles. The lowest BCUT2D eigenvalue weighted by molar-refractivity contribution is 0.228. The van der Waals surface area contributed by atoms with E-state index >= 15 is 0 Å². The van der Waals surface area contributed by atoms with E-state index in [1.165, 1.54) is 13.4 Å².